The number of piperidine rings is 1. The van der Waals surface area contributed by atoms with Gasteiger partial charge in [-0.25, -0.2) is 0 Å². The number of carbonyl (C=O) groups excluding carboxylic acids is 2. The minimum Gasteiger partial charge on any atom is -0.342 e. The van der Waals surface area contributed by atoms with Crippen LogP contribution in [0, 0.1) is 17.2 Å². The zero-order chi connectivity index (χ0) is 18.4. The topological polar surface area (TPSA) is 74.1 Å². The van der Waals surface area contributed by atoms with Crippen LogP contribution in [0.1, 0.15) is 30.0 Å². The van der Waals surface area contributed by atoms with Crippen LogP contribution >= 0.6 is 0 Å². The van der Waals surface area contributed by atoms with Gasteiger partial charge in [0.1, 0.15) is 5.92 Å². The minimum absolute atomic E-state index is 0.0278. The summed E-state index contributed by atoms with van der Waals surface area (Å²) in [5.41, 5.74) is 1.45. The van der Waals surface area contributed by atoms with Crippen molar-refractivity contribution in [1.82, 2.24) is 9.88 Å². The molecular weight excluding hydrogens is 326 g/mol. The summed E-state index contributed by atoms with van der Waals surface area (Å²) in [7, 11) is 0. The van der Waals surface area contributed by atoms with E-state index >= 15 is 0 Å². The van der Waals surface area contributed by atoms with Gasteiger partial charge in [-0.05, 0) is 30.5 Å². The number of benzene rings is 1. The van der Waals surface area contributed by atoms with Gasteiger partial charge in [0.15, 0.2) is 5.78 Å². The second kappa shape index (κ2) is 8.39. The summed E-state index contributed by atoms with van der Waals surface area (Å²) in [4.78, 5) is 31.3. The van der Waals surface area contributed by atoms with Gasteiger partial charge in [0.25, 0.3) is 0 Å². The summed E-state index contributed by atoms with van der Waals surface area (Å²) in [5.74, 6) is -1.29. The highest BCUT2D eigenvalue weighted by atomic mass is 16.2. The predicted molar refractivity (Wildman–Crippen MR) is 97.0 cm³/mol. The number of hydrogen-bond acceptors (Lipinski definition) is 4. The third-order valence-corrected chi connectivity index (χ3v) is 4.77. The molecule has 1 amide bonds. The molecule has 1 saturated heterocycles. The van der Waals surface area contributed by atoms with E-state index in [2.05, 4.69) is 11.1 Å². The second-order valence-corrected chi connectivity index (χ2v) is 6.56. The van der Waals surface area contributed by atoms with E-state index in [0.717, 1.165) is 12.0 Å². The first-order valence-electron chi connectivity index (χ1n) is 8.85. The molecule has 2 heterocycles. The number of aromatic nitrogens is 1. The first kappa shape index (κ1) is 17.8. The lowest BCUT2D eigenvalue weighted by molar-refractivity contribution is -0.134. The molecule has 1 aliphatic heterocycles. The lowest BCUT2D eigenvalue weighted by Gasteiger charge is -2.32. The molecule has 1 aliphatic rings. The Hall–Kier alpha value is -3.00. The van der Waals surface area contributed by atoms with Gasteiger partial charge in [-0.2, -0.15) is 5.26 Å². The number of nitrogens with zero attached hydrogens (tertiary/aromatic N) is 3. The van der Waals surface area contributed by atoms with Crippen molar-refractivity contribution in [2.24, 2.45) is 5.92 Å². The molecule has 26 heavy (non-hydrogen) atoms. The Morgan fingerprint density at radius 1 is 1.19 bits per heavy atom. The molecule has 2 atom stereocenters. The Morgan fingerprint density at radius 2 is 1.96 bits per heavy atom. The van der Waals surface area contributed by atoms with Gasteiger partial charge in [-0.15, -0.1) is 0 Å². The zero-order valence-corrected chi connectivity index (χ0v) is 14.5. The number of nitriles is 1. The number of hydrogen-bond donors (Lipinski definition) is 0. The first-order valence-corrected chi connectivity index (χ1v) is 8.85. The Morgan fingerprint density at radius 3 is 2.65 bits per heavy atom. The average molecular weight is 347 g/mol. The quantitative estimate of drug-likeness (QED) is 0.833. The number of rotatable bonds is 5. The van der Waals surface area contributed by atoms with Crippen LogP contribution in [-0.2, 0) is 16.0 Å². The smallest absolute Gasteiger partial charge is 0.227 e. The summed E-state index contributed by atoms with van der Waals surface area (Å²) in [5, 5.41) is 9.46. The van der Waals surface area contributed by atoms with Gasteiger partial charge in [-0.1, -0.05) is 36.4 Å². The van der Waals surface area contributed by atoms with Crippen molar-refractivity contribution < 1.29 is 9.59 Å². The van der Waals surface area contributed by atoms with Crippen molar-refractivity contribution in [2.45, 2.75) is 25.2 Å². The molecule has 1 fully saturated rings. The van der Waals surface area contributed by atoms with Crippen LogP contribution < -0.4 is 0 Å². The van der Waals surface area contributed by atoms with E-state index < -0.39 is 5.92 Å². The van der Waals surface area contributed by atoms with Crippen molar-refractivity contribution in [3.05, 3.63) is 66.0 Å². The molecule has 0 aliphatic carbocycles. The van der Waals surface area contributed by atoms with Crippen LogP contribution in [0.25, 0.3) is 0 Å². The summed E-state index contributed by atoms with van der Waals surface area (Å²) >= 11 is 0. The summed E-state index contributed by atoms with van der Waals surface area (Å²) < 4.78 is 0. The fourth-order valence-electron chi connectivity index (χ4n) is 3.38. The number of ketones is 1. The van der Waals surface area contributed by atoms with E-state index in [1.807, 2.05) is 30.3 Å². The lowest BCUT2D eigenvalue weighted by Crippen LogP contribution is -2.44. The minimum atomic E-state index is -0.870. The van der Waals surface area contributed by atoms with Crippen LogP contribution in [0.5, 0.6) is 0 Å². The molecule has 3 rings (SSSR count). The molecule has 1 aromatic carbocycles. The molecule has 0 bridgehead atoms. The van der Waals surface area contributed by atoms with Gasteiger partial charge in [-0.3, -0.25) is 14.6 Å². The number of Topliss-reactive ketones (excluding diaryl/α,β-unsaturated/α-hetero) is 1. The highest BCUT2D eigenvalue weighted by Gasteiger charge is 2.33. The van der Waals surface area contributed by atoms with Crippen molar-refractivity contribution in [1.29, 1.82) is 5.26 Å². The predicted octanol–water partition coefficient (Wildman–Crippen LogP) is 2.74. The molecule has 0 saturated carbocycles. The Bertz CT molecular complexity index is 799. The Labute approximate surface area is 153 Å². The Kier molecular flexibility index (Phi) is 5.75. The summed E-state index contributed by atoms with van der Waals surface area (Å²) in [6.07, 6.45) is 3.41. The monoisotopic (exact) mass is 347 g/mol. The standard InChI is InChI=1S/C21H21N3O2/c22-14-18(19-10-4-5-11-23-19)21(26)17-9-6-12-24(15-17)20(25)13-16-7-2-1-3-8-16/h1-5,7-8,10-11,17-18H,6,9,12-13,15H2/t17-,18+/m1/s1. The lowest BCUT2D eigenvalue weighted by atomic mass is 9.85. The molecule has 0 spiro atoms. The maximum Gasteiger partial charge on any atom is 0.227 e. The maximum absolute atomic E-state index is 12.9. The van der Waals surface area contributed by atoms with Crippen LogP contribution in [0.3, 0.4) is 0 Å². The molecular formula is C21H21N3O2. The molecule has 2 aromatic rings. The molecule has 0 N–H and O–H groups in total. The van der Waals surface area contributed by atoms with Gasteiger partial charge in [0.05, 0.1) is 18.2 Å². The van der Waals surface area contributed by atoms with Crippen molar-refractivity contribution >= 4 is 11.7 Å². The van der Waals surface area contributed by atoms with E-state index in [0.29, 0.717) is 31.6 Å². The molecule has 1 aromatic heterocycles. The highest BCUT2D eigenvalue weighted by molar-refractivity contribution is 5.91. The van der Waals surface area contributed by atoms with Gasteiger partial charge in [0.2, 0.25) is 5.91 Å². The van der Waals surface area contributed by atoms with E-state index in [9.17, 15) is 14.9 Å². The molecule has 132 valence electrons. The number of likely N-dealkylation sites (tertiary alicyclic amines) is 1. The first-order chi connectivity index (χ1) is 12.7. The van der Waals surface area contributed by atoms with Crippen LogP contribution in [-0.4, -0.2) is 34.7 Å². The van der Waals surface area contributed by atoms with Crippen molar-refractivity contribution in [2.75, 3.05) is 13.1 Å². The highest BCUT2D eigenvalue weighted by Crippen LogP contribution is 2.25. The van der Waals surface area contributed by atoms with E-state index in [1.165, 1.54) is 0 Å². The van der Waals surface area contributed by atoms with Crippen LogP contribution in [0.15, 0.2) is 54.7 Å². The van der Waals surface area contributed by atoms with Gasteiger partial charge < -0.3 is 4.90 Å². The molecule has 5 nitrogen and oxygen atoms in total. The largest absolute Gasteiger partial charge is 0.342 e. The molecule has 0 radical (unpaired) electrons. The third kappa shape index (κ3) is 4.15. The summed E-state index contributed by atoms with van der Waals surface area (Å²) in [6.45, 7) is 1.05. The van der Waals surface area contributed by atoms with Gasteiger partial charge >= 0.3 is 0 Å². The number of amides is 1. The van der Waals surface area contributed by atoms with Crippen molar-refractivity contribution in [3.8, 4) is 6.07 Å². The fraction of sp³-hybridized carbons (Fsp3) is 0.333. The van der Waals surface area contributed by atoms with E-state index in [4.69, 9.17) is 0 Å². The average Bonchev–Trinajstić information content (AvgIpc) is 2.70. The van der Waals surface area contributed by atoms with Crippen LogP contribution in [0.2, 0.25) is 0 Å². The Balaban J connectivity index is 1.67. The number of pyridine rings is 1. The fourth-order valence-corrected chi connectivity index (χ4v) is 3.38. The van der Waals surface area contributed by atoms with E-state index in [-0.39, 0.29) is 17.6 Å². The van der Waals surface area contributed by atoms with Crippen LogP contribution in [0.4, 0.5) is 0 Å². The van der Waals surface area contributed by atoms with Gasteiger partial charge in [0, 0.05) is 25.2 Å². The zero-order valence-electron chi connectivity index (χ0n) is 14.5. The normalized spacial score (nSPS) is 18.0. The van der Waals surface area contributed by atoms with Crippen molar-refractivity contribution in [3.63, 3.8) is 0 Å². The number of carbonyl (C=O) groups is 2. The van der Waals surface area contributed by atoms with E-state index in [1.54, 1.807) is 29.3 Å². The maximum atomic E-state index is 12.9. The SMILES string of the molecule is N#C[C@H](C(=O)[C@@H]1CCCN(C(=O)Cc2ccccc2)C1)c1ccccn1. The molecule has 5 heteroatoms. The summed E-state index contributed by atoms with van der Waals surface area (Å²) in [6, 6.07) is 16.9. The molecule has 0 unspecified atom stereocenters. The second-order valence-electron chi connectivity index (χ2n) is 6.56. The third-order valence-electron chi connectivity index (χ3n) is 4.77.